The predicted octanol–water partition coefficient (Wildman–Crippen LogP) is 1.23. The number of carbonyl (C=O) groups is 2. The van der Waals surface area contributed by atoms with Crippen LogP contribution in [0.15, 0.2) is 36.4 Å². The minimum atomic E-state index is -1.43. The maximum atomic E-state index is 12.1. The first-order valence-corrected chi connectivity index (χ1v) is 13.6. The van der Waals surface area contributed by atoms with Crippen molar-refractivity contribution in [2.75, 3.05) is 6.61 Å². The number of benzene rings is 2. The lowest BCUT2D eigenvalue weighted by Gasteiger charge is -2.40. The minimum Gasteiger partial charge on any atom is -0.508 e. The van der Waals surface area contributed by atoms with Crippen LogP contribution >= 0.6 is 11.8 Å². The number of aliphatic hydroxyl groups is 4. The fourth-order valence-corrected chi connectivity index (χ4v) is 5.95. The van der Waals surface area contributed by atoms with E-state index in [2.05, 4.69) is 5.32 Å². The lowest BCUT2D eigenvalue weighted by Crippen LogP contribution is -2.52. The SMILES string of the molecule is Cc1cc(O)c([C@@H]2S[C@H](CO)[C@@H](O)[C@H](O)[C@H]2O)cc1Cc1ccc(CCCC(=O)NC(C)(C)C(N)=O)cc1. The van der Waals surface area contributed by atoms with Crippen LogP contribution in [0.2, 0.25) is 0 Å². The highest BCUT2D eigenvalue weighted by Gasteiger charge is 2.44. The largest absolute Gasteiger partial charge is 0.508 e. The molecule has 38 heavy (non-hydrogen) atoms. The standard InChI is InChI=1S/C28H38N2O7S/c1-15-11-20(32)19(26-25(36)24(35)23(34)21(14-31)38-26)13-18(15)12-17-9-7-16(8-10-17)5-4-6-22(33)30-28(2,3)27(29)37/h7-11,13,21,23-26,31-32,34-36H,4-6,12,14H2,1-3H3,(H2,29,37)(H,30,33)/t21-,23-,24+,25-,26+/m1/s1. The molecule has 0 spiro atoms. The van der Waals surface area contributed by atoms with E-state index in [9.17, 15) is 35.1 Å². The van der Waals surface area contributed by atoms with Gasteiger partial charge in [0.15, 0.2) is 0 Å². The predicted molar refractivity (Wildman–Crippen MR) is 146 cm³/mol. The number of nitrogens with one attached hydrogen (secondary N) is 1. The molecule has 0 bridgehead atoms. The summed E-state index contributed by atoms with van der Waals surface area (Å²) in [5.41, 5.74) is 8.57. The number of aliphatic hydroxyl groups excluding tert-OH is 4. The van der Waals surface area contributed by atoms with E-state index < -0.39 is 40.3 Å². The Morgan fingerprint density at radius 1 is 1.03 bits per heavy atom. The van der Waals surface area contributed by atoms with E-state index in [1.165, 1.54) is 0 Å². The molecule has 10 heteroatoms. The van der Waals surface area contributed by atoms with Gasteiger partial charge in [-0.05, 0) is 68.4 Å². The Balaban J connectivity index is 1.65. The van der Waals surface area contributed by atoms with E-state index in [0.717, 1.165) is 34.0 Å². The van der Waals surface area contributed by atoms with Crippen molar-refractivity contribution in [2.45, 2.75) is 80.8 Å². The number of carbonyl (C=O) groups excluding carboxylic acids is 2. The van der Waals surface area contributed by atoms with Crippen molar-refractivity contribution in [2.24, 2.45) is 5.73 Å². The minimum absolute atomic E-state index is 0.0123. The van der Waals surface area contributed by atoms with E-state index in [-0.39, 0.29) is 24.7 Å². The van der Waals surface area contributed by atoms with Gasteiger partial charge in [-0.3, -0.25) is 9.59 Å². The van der Waals surface area contributed by atoms with Gasteiger partial charge in [0, 0.05) is 12.0 Å². The second kappa shape index (κ2) is 12.5. The Bertz CT molecular complexity index is 1140. The Morgan fingerprint density at radius 3 is 2.26 bits per heavy atom. The highest BCUT2D eigenvalue weighted by molar-refractivity contribution is 8.00. The van der Waals surface area contributed by atoms with Crippen LogP contribution < -0.4 is 11.1 Å². The molecular weight excluding hydrogens is 508 g/mol. The van der Waals surface area contributed by atoms with Crippen LogP contribution in [-0.2, 0) is 22.4 Å². The smallest absolute Gasteiger partial charge is 0.242 e. The molecule has 0 unspecified atom stereocenters. The third-order valence-corrected chi connectivity index (χ3v) is 8.64. The van der Waals surface area contributed by atoms with Crippen molar-refractivity contribution in [1.29, 1.82) is 0 Å². The Kier molecular flexibility index (Phi) is 9.83. The van der Waals surface area contributed by atoms with Gasteiger partial charge in [-0.15, -0.1) is 11.8 Å². The second-order valence-corrected chi connectivity index (χ2v) is 11.9. The first kappa shape index (κ1) is 29.9. The van der Waals surface area contributed by atoms with Crippen molar-refractivity contribution in [1.82, 2.24) is 5.32 Å². The summed E-state index contributed by atoms with van der Waals surface area (Å²) in [6.45, 7) is 4.66. The number of phenols is 1. The topological polar surface area (TPSA) is 173 Å². The number of thioether (sulfide) groups is 1. The van der Waals surface area contributed by atoms with Gasteiger partial charge >= 0.3 is 0 Å². The zero-order valence-electron chi connectivity index (χ0n) is 21.9. The van der Waals surface area contributed by atoms with Crippen molar-refractivity contribution in [3.05, 3.63) is 64.2 Å². The molecule has 0 aliphatic carbocycles. The number of nitrogens with two attached hydrogens (primary N) is 1. The molecule has 8 N–H and O–H groups in total. The molecule has 0 radical (unpaired) electrons. The van der Waals surface area contributed by atoms with E-state index in [0.29, 0.717) is 24.8 Å². The van der Waals surface area contributed by atoms with Crippen LogP contribution in [0.1, 0.15) is 59.8 Å². The normalized spacial score (nSPS) is 23.7. The summed E-state index contributed by atoms with van der Waals surface area (Å²) in [5, 5.41) is 52.4. The molecule has 5 atom stereocenters. The van der Waals surface area contributed by atoms with Gasteiger partial charge in [0.05, 0.1) is 29.3 Å². The molecule has 1 aliphatic rings. The molecule has 0 saturated carbocycles. The number of aromatic hydroxyl groups is 1. The average Bonchev–Trinajstić information content (AvgIpc) is 2.85. The first-order valence-electron chi connectivity index (χ1n) is 12.7. The van der Waals surface area contributed by atoms with Gasteiger partial charge in [-0.25, -0.2) is 0 Å². The summed E-state index contributed by atoms with van der Waals surface area (Å²) < 4.78 is 0. The quantitative estimate of drug-likeness (QED) is 0.233. The molecule has 1 heterocycles. The number of phenolic OH excluding ortho intramolecular Hbond substituents is 1. The molecule has 2 aromatic rings. The van der Waals surface area contributed by atoms with Gasteiger partial charge in [-0.2, -0.15) is 0 Å². The maximum absolute atomic E-state index is 12.1. The van der Waals surface area contributed by atoms with Crippen molar-refractivity contribution < 1.29 is 35.1 Å². The first-order chi connectivity index (χ1) is 17.8. The Labute approximate surface area is 227 Å². The van der Waals surface area contributed by atoms with Gasteiger partial charge in [0.25, 0.3) is 0 Å². The summed E-state index contributed by atoms with van der Waals surface area (Å²) in [5.74, 6) is -0.823. The molecule has 0 aromatic heterocycles. The lowest BCUT2D eigenvalue weighted by molar-refractivity contribution is -0.130. The fraction of sp³-hybridized carbons (Fsp3) is 0.500. The van der Waals surface area contributed by atoms with Gasteiger partial charge in [0.1, 0.15) is 17.4 Å². The summed E-state index contributed by atoms with van der Waals surface area (Å²) >= 11 is 1.13. The Morgan fingerprint density at radius 2 is 1.66 bits per heavy atom. The zero-order chi connectivity index (χ0) is 28.2. The van der Waals surface area contributed by atoms with Crippen molar-refractivity contribution in [3.63, 3.8) is 0 Å². The monoisotopic (exact) mass is 546 g/mol. The molecule has 3 rings (SSSR count). The lowest BCUT2D eigenvalue weighted by atomic mass is 9.92. The van der Waals surface area contributed by atoms with Gasteiger partial charge in [0.2, 0.25) is 11.8 Å². The van der Waals surface area contributed by atoms with E-state index in [1.807, 2.05) is 37.3 Å². The number of amides is 2. The highest BCUT2D eigenvalue weighted by atomic mass is 32.2. The van der Waals surface area contributed by atoms with Crippen LogP contribution in [0.4, 0.5) is 0 Å². The van der Waals surface area contributed by atoms with Gasteiger partial charge in [-0.1, -0.05) is 30.3 Å². The van der Waals surface area contributed by atoms with Crippen molar-refractivity contribution >= 4 is 23.6 Å². The van der Waals surface area contributed by atoms with Crippen LogP contribution in [0.3, 0.4) is 0 Å². The molecule has 1 fully saturated rings. The number of hydrogen-bond donors (Lipinski definition) is 7. The molecule has 1 saturated heterocycles. The van der Waals surface area contributed by atoms with E-state index in [1.54, 1.807) is 19.9 Å². The van der Waals surface area contributed by atoms with E-state index in [4.69, 9.17) is 5.73 Å². The van der Waals surface area contributed by atoms with Gasteiger partial charge < -0.3 is 36.6 Å². The third-order valence-electron chi connectivity index (χ3n) is 7.04. The van der Waals surface area contributed by atoms with E-state index >= 15 is 0 Å². The Hall–Kier alpha value is -2.63. The van der Waals surface area contributed by atoms with Crippen LogP contribution in [-0.4, -0.2) is 73.1 Å². The molecule has 2 amide bonds. The van der Waals surface area contributed by atoms with Crippen LogP contribution in [0.25, 0.3) is 0 Å². The molecule has 9 nitrogen and oxygen atoms in total. The number of rotatable bonds is 10. The maximum Gasteiger partial charge on any atom is 0.242 e. The summed E-state index contributed by atoms with van der Waals surface area (Å²) in [6.07, 6.45) is -1.83. The summed E-state index contributed by atoms with van der Waals surface area (Å²) in [4.78, 5) is 23.5. The van der Waals surface area contributed by atoms with Crippen molar-refractivity contribution in [3.8, 4) is 5.75 Å². The molecular formula is C28H38N2O7S. The van der Waals surface area contributed by atoms with Crippen LogP contribution in [0, 0.1) is 6.92 Å². The molecule has 1 aliphatic heterocycles. The molecule has 2 aromatic carbocycles. The fourth-order valence-electron chi connectivity index (χ4n) is 4.50. The zero-order valence-corrected chi connectivity index (χ0v) is 22.7. The summed E-state index contributed by atoms with van der Waals surface area (Å²) in [7, 11) is 0. The second-order valence-electron chi connectivity index (χ2n) is 10.5. The number of primary amides is 1. The summed E-state index contributed by atoms with van der Waals surface area (Å²) in [6, 6.07) is 11.4. The number of hydrogen-bond acceptors (Lipinski definition) is 8. The average molecular weight is 547 g/mol. The highest BCUT2D eigenvalue weighted by Crippen LogP contribution is 2.46. The third kappa shape index (κ3) is 7.06. The number of aryl methyl sites for hydroxylation is 2. The van der Waals surface area contributed by atoms with Crippen LogP contribution in [0.5, 0.6) is 5.75 Å². The molecule has 208 valence electrons.